The van der Waals surface area contributed by atoms with E-state index in [1.807, 2.05) is 38.1 Å². The summed E-state index contributed by atoms with van der Waals surface area (Å²) in [6.45, 7) is 3.62. The van der Waals surface area contributed by atoms with Gasteiger partial charge in [-0.25, -0.2) is 13.8 Å². The average molecular weight is 469 g/mol. The van der Waals surface area contributed by atoms with Gasteiger partial charge in [0, 0.05) is 23.7 Å². The molecule has 4 aromatic rings. The number of fused-ring (bicyclic) bond motifs is 1. The maximum atomic E-state index is 14.4. The van der Waals surface area contributed by atoms with E-state index in [0.29, 0.717) is 15.8 Å². The first-order valence-electron chi connectivity index (χ1n) is 10.2. The zero-order chi connectivity index (χ0) is 23.9. The molecule has 0 fully saturated rings. The average Bonchev–Trinajstić information content (AvgIpc) is 3.15. The van der Waals surface area contributed by atoms with Gasteiger partial charge in [-0.05, 0) is 37.1 Å². The molecule has 8 heteroatoms. The first kappa shape index (κ1) is 22.8. The van der Waals surface area contributed by atoms with Gasteiger partial charge in [-0.15, -0.1) is 11.3 Å². The molecule has 0 aliphatic carbocycles. The Hall–Kier alpha value is -3.36. The third-order valence-corrected chi connectivity index (χ3v) is 7.02. The Morgan fingerprint density at radius 3 is 2.33 bits per heavy atom. The Morgan fingerprint density at radius 1 is 1.09 bits per heavy atom. The predicted molar refractivity (Wildman–Crippen MR) is 126 cm³/mol. The summed E-state index contributed by atoms with van der Waals surface area (Å²) >= 11 is 1.35. The van der Waals surface area contributed by atoms with Gasteiger partial charge in [0.2, 0.25) is 5.43 Å². The summed E-state index contributed by atoms with van der Waals surface area (Å²) in [5, 5.41) is 1.29. The van der Waals surface area contributed by atoms with Crippen molar-refractivity contribution in [2.24, 2.45) is 0 Å². The number of aryl methyl sites for hydroxylation is 2. The van der Waals surface area contributed by atoms with Crippen LogP contribution in [0, 0.1) is 25.5 Å². The van der Waals surface area contributed by atoms with Crippen molar-refractivity contribution in [2.45, 2.75) is 20.4 Å². The third-order valence-electron chi connectivity index (χ3n) is 5.64. The number of hydrogen-bond donors (Lipinski definition) is 0. The van der Waals surface area contributed by atoms with Crippen LogP contribution in [0.15, 0.2) is 53.5 Å². The Kier molecular flexibility index (Phi) is 6.14. The number of rotatable bonds is 5. The van der Waals surface area contributed by atoms with Crippen LogP contribution < -0.4 is 5.43 Å². The van der Waals surface area contributed by atoms with Crippen molar-refractivity contribution in [2.75, 3.05) is 14.2 Å². The van der Waals surface area contributed by atoms with Crippen LogP contribution in [-0.4, -0.2) is 29.7 Å². The topological polar surface area (TPSA) is 51.5 Å². The zero-order valence-electron chi connectivity index (χ0n) is 18.6. The largest absolute Gasteiger partial charge is 0.334 e. The number of carbonyl (C=O) groups excluding carboxylic acids is 1. The van der Waals surface area contributed by atoms with Crippen molar-refractivity contribution in [3.05, 3.63) is 92.8 Å². The number of pyridine rings is 1. The van der Waals surface area contributed by atoms with Crippen molar-refractivity contribution >= 4 is 27.5 Å². The molecule has 4 rings (SSSR count). The summed E-state index contributed by atoms with van der Waals surface area (Å²) in [7, 11) is 2.71. The van der Waals surface area contributed by atoms with Gasteiger partial charge in [0.25, 0.3) is 5.91 Å². The number of benzene rings is 2. The molecular formula is C25H22F2N2O3S. The van der Waals surface area contributed by atoms with E-state index < -0.39 is 23.0 Å². The SMILES string of the molecule is CON(C)C(=O)c1cn(Cc2c(F)cccc2F)c2sc(-c3ccc(C)cc3)c(C)c2c1=O. The predicted octanol–water partition coefficient (Wildman–Crippen LogP) is 5.31. The summed E-state index contributed by atoms with van der Waals surface area (Å²) < 4.78 is 30.4. The van der Waals surface area contributed by atoms with Gasteiger partial charge in [0.15, 0.2) is 0 Å². The van der Waals surface area contributed by atoms with E-state index in [9.17, 15) is 18.4 Å². The van der Waals surface area contributed by atoms with Crippen LogP contribution in [0.4, 0.5) is 8.78 Å². The molecule has 33 heavy (non-hydrogen) atoms. The maximum Gasteiger partial charge on any atom is 0.282 e. The minimum Gasteiger partial charge on any atom is -0.334 e. The number of nitrogens with zero attached hydrogens (tertiary/aromatic N) is 2. The van der Waals surface area contributed by atoms with E-state index in [0.717, 1.165) is 21.1 Å². The van der Waals surface area contributed by atoms with E-state index in [1.54, 1.807) is 4.57 Å². The summed E-state index contributed by atoms with van der Waals surface area (Å²) in [6.07, 6.45) is 1.35. The fraction of sp³-hybridized carbons (Fsp3) is 0.200. The molecule has 0 aliphatic heterocycles. The van der Waals surface area contributed by atoms with E-state index >= 15 is 0 Å². The van der Waals surface area contributed by atoms with Gasteiger partial charge in [0.1, 0.15) is 22.0 Å². The van der Waals surface area contributed by atoms with Crippen molar-refractivity contribution in [1.82, 2.24) is 9.63 Å². The number of carbonyl (C=O) groups is 1. The highest BCUT2D eigenvalue weighted by Crippen LogP contribution is 2.37. The summed E-state index contributed by atoms with van der Waals surface area (Å²) in [5.74, 6) is -2.04. The van der Waals surface area contributed by atoms with E-state index in [-0.39, 0.29) is 17.7 Å². The second kappa shape index (κ2) is 8.88. The van der Waals surface area contributed by atoms with Gasteiger partial charge >= 0.3 is 0 Å². The second-order valence-corrected chi connectivity index (χ2v) is 8.79. The van der Waals surface area contributed by atoms with Crippen LogP contribution in [0.2, 0.25) is 0 Å². The van der Waals surface area contributed by atoms with Crippen molar-refractivity contribution in [1.29, 1.82) is 0 Å². The fourth-order valence-corrected chi connectivity index (χ4v) is 5.02. The van der Waals surface area contributed by atoms with Crippen LogP contribution in [0.1, 0.15) is 27.0 Å². The van der Waals surface area contributed by atoms with E-state index in [1.165, 1.54) is 49.9 Å². The van der Waals surface area contributed by atoms with Crippen molar-refractivity contribution in [3.8, 4) is 10.4 Å². The summed E-state index contributed by atoms with van der Waals surface area (Å²) in [4.78, 5) is 32.6. The zero-order valence-corrected chi connectivity index (χ0v) is 19.4. The lowest BCUT2D eigenvalue weighted by Gasteiger charge is -2.16. The Labute approximate surface area is 193 Å². The number of halogens is 2. The quantitative estimate of drug-likeness (QED) is 0.373. The molecule has 2 heterocycles. The molecular weight excluding hydrogens is 446 g/mol. The molecule has 0 unspecified atom stereocenters. The molecule has 170 valence electrons. The van der Waals surface area contributed by atoms with Crippen LogP contribution in [0.25, 0.3) is 20.7 Å². The molecule has 0 saturated heterocycles. The smallest absolute Gasteiger partial charge is 0.282 e. The van der Waals surface area contributed by atoms with Gasteiger partial charge in [-0.3, -0.25) is 14.4 Å². The molecule has 0 aliphatic rings. The second-order valence-electron chi connectivity index (χ2n) is 7.79. The maximum absolute atomic E-state index is 14.4. The normalized spacial score (nSPS) is 11.2. The molecule has 0 bridgehead atoms. The number of aromatic nitrogens is 1. The summed E-state index contributed by atoms with van der Waals surface area (Å²) in [6, 6.07) is 11.5. The number of amides is 1. The molecule has 0 radical (unpaired) electrons. The molecule has 1 amide bonds. The van der Waals surface area contributed by atoms with E-state index in [4.69, 9.17) is 4.84 Å². The van der Waals surface area contributed by atoms with Crippen molar-refractivity contribution in [3.63, 3.8) is 0 Å². The molecule has 5 nitrogen and oxygen atoms in total. The minimum atomic E-state index is -0.698. The first-order valence-corrected chi connectivity index (χ1v) is 11.0. The van der Waals surface area contributed by atoms with Gasteiger partial charge in [0.05, 0.1) is 19.0 Å². The fourth-order valence-electron chi connectivity index (χ4n) is 3.73. The summed E-state index contributed by atoms with van der Waals surface area (Å²) in [5.41, 5.74) is 1.99. The molecule has 0 saturated carbocycles. The van der Waals surface area contributed by atoms with Crippen LogP contribution in [0.5, 0.6) is 0 Å². The molecule has 0 atom stereocenters. The van der Waals surface area contributed by atoms with Crippen LogP contribution in [0.3, 0.4) is 0 Å². The van der Waals surface area contributed by atoms with Gasteiger partial charge < -0.3 is 4.57 Å². The number of hydroxylamine groups is 2. The van der Waals surface area contributed by atoms with E-state index in [2.05, 4.69) is 0 Å². The number of thiophene rings is 1. The third kappa shape index (κ3) is 4.07. The highest BCUT2D eigenvalue weighted by molar-refractivity contribution is 7.22. The number of hydrogen-bond acceptors (Lipinski definition) is 4. The highest BCUT2D eigenvalue weighted by atomic mass is 32.1. The Morgan fingerprint density at radius 2 is 1.73 bits per heavy atom. The van der Waals surface area contributed by atoms with Gasteiger partial charge in [-0.1, -0.05) is 35.9 Å². The lowest BCUT2D eigenvalue weighted by Crippen LogP contribution is -2.31. The highest BCUT2D eigenvalue weighted by Gasteiger charge is 2.24. The van der Waals surface area contributed by atoms with Crippen LogP contribution >= 0.6 is 11.3 Å². The Balaban J connectivity index is 2.01. The molecule has 0 N–H and O–H groups in total. The molecule has 2 aromatic carbocycles. The van der Waals surface area contributed by atoms with Gasteiger partial charge in [-0.2, -0.15) is 0 Å². The van der Waals surface area contributed by atoms with Crippen molar-refractivity contribution < 1.29 is 18.4 Å². The monoisotopic (exact) mass is 468 g/mol. The lowest BCUT2D eigenvalue weighted by atomic mass is 10.1. The minimum absolute atomic E-state index is 0.139. The standard InChI is InChI=1S/C25H22F2N2O3S/c1-14-8-10-16(11-9-14)23-15(2)21-22(30)18(24(31)28(3)32-4)13-29(25(21)33-23)12-17-19(26)6-5-7-20(17)27/h5-11,13H,12H2,1-4H3. The molecule has 2 aromatic heterocycles. The Bertz CT molecular complexity index is 1400. The first-order chi connectivity index (χ1) is 15.7. The van der Waals surface area contributed by atoms with Crippen LogP contribution in [-0.2, 0) is 11.4 Å². The lowest BCUT2D eigenvalue weighted by molar-refractivity contribution is -0.0758. The molecule has 0 spiro atoms.